The van der Waals surface area contributed by atoms with Crippen molar-refractivity contribution in [3.05, 3.63) is 28.7 Å². The van der Waals surface area contributed by atoms with Gasteiger partial charge in [0.15, 0.2) is 0 Å². The third-order valence-electron chi connectivity index (χ3n) is 3.01. The molecule has 1 heterocycles. The summed E-state index contributed by atoms with van der Waals surface area (Å²) in [4.78, 5) is 0.311. The van der Waals surface area contributed by atoms with Gasteiger partial charge in [-0.3, -0.25) is 0 Å². The molecule has 0 aliphatic carbocycles. The molecule has 0 amide bonds. The summed E-state index contributed by atoms with van der Waals surface area (Å²) in [6.07, 6.45) is 1.97. The van der Waals surface area contributed by atoms with Gasteiger partial charge in [0.05, 0.1) is 11.0 Å². The number of benzene rings is 1. The molecule has 1 aliphatic rings. The van der Waals surface area contributed by atoms with Gasteiger partial charge in [0, 0.05) is 24.7 Å². The number of rotatable bonds is 4. The Morgan fingerprint density at radius 3 is 2.61 bits per heavy atom. The molecule has 1 aromatic carbocycles. The molecule has 0 N–H and O–H groups in total. The van der Waals surface area contributed by atoms with Crippen LogP contribution in [0.3, 0.4) is 0 Å². The Morgan fingerprint density at radius 1 is 1.39 bits per heavy atom. The Hall–Kier alpha value is -0.430. The quantitative estimate of drug-likeness (QED) is 0.848. The standard InChI is InChI=1S/C12H16BrNO3S/c1-14(9-11-3-2-8-17-11)18(15,16)12-6-4-10(13)5-7-12/h4-7,11H,2-3,8-9H2,1H3. The Morgan fingerprint density at radius 2 is 2.06 bits per heavy atom. The minimum absolute atomic E-state index is 0.0280. The molecule has 1 aromatic rings. The SMILES string of the molecule is CN(CC1CCCO1)S(=O)(=O)c1ccc(Br)cc1. The normalized spacial score (nSPS) is 20.5. The molecule has 1 fully saturated rings. The summed E-state index contributed by atoms with van der Waals surface area (Å²) in [5.41, 5.74) is 0. The van der Waals surface area contributed by atoms with E-state index >= 15 is 0 Å². The zero-order valence-electron chi connectivity index (χ0n) is 10.2. The van der Waals surface area contributed by atoms with E-state index in [9.17, 15) is 8.42 Å². The highest BCUT2D eigenvalue weighted by Gasteiger charge is 2.25. The number of sulfonamides is 1. The molecule has 1 aliphatic heterocycles. The fraction of sp³-hybridized carbons (Fsp3) is 0.500. The van der Waals surface area contributed by atoms with Crippen molar-refractivity contribution in [3.63, 3.8) is 0 Å². The van der Waals surface area contributed by atoms with E-state index in [-0.39, 0.29) is 6.10 Å². The van der Waals surface area contributed by atoms with Crippen LogP contribution in [0.2, 0.25) is 0 Å². The molecule has 1 atom stereocenters. The van der Waals surface area contributed by atoms with Crippen LogP contribution in [-0.2, 0) is 14.8 Å². The zero-order valence-corrected chi connectivity index (χ0v) is 12.6. The van der Waals surface area contributed by atoms with E-state index in [1.807, 2.05) is 0 Å². The molecule has 4 nitrogen and oxygen atoms in total. The lowest BCUT2D eigenvalue weighted by Gasteiger charge is -2.20. The molecule has 1 saturated heterocycles. The van der Waals surface area contributed by atoms with Gasteiger partial charge in [-0.1, -0.05) is 15.9 Å². The number of hydrogen-bond acceptors (Lipinski definition) is 3. The summed E-state index contributed by atoms with van der Waals surface area (Å²) in [7, 11) is -1.81. The van der Waals surface area contributed by atoms with E-state index in [0.717, 1.165) is 23.9 Å². The van der Waals surface area contributed by atoms with E-state index in [1.165, 1.54) is 4.31 Å². The Bertz CT molecular complexity index is 495. The van der Waals surface area contributed by atoms with E-state index in [2.05, 4.69) is 15.9 Å². The van der Waals surface area contributed by atoms with Gasteiger partial charge in [0.25, 0.3) is 0 Å². The number of hydrogen-bond donors (Lipinski definition) is 0. The first kappa shape index (κ1) is 14.0. The van der Waals surface area contributed by atoms with E-state index in [0.29, 0.717) is 11.4 Å². The van der Waals surface area contributed by atoms with Gasteiger partial charge in [-0.2, -0.15) is 4.31 Å². The highest BCUT2D eigenvalue weighted by molar-refractivity contribution is 9.10. The second kappa shape index (κ2) is 5.69. The van der Waals surface area contributed by atoms with Crippen molar-refractivity contribution in [1.82, 2.24) is 4.31 Å². The minimum atomic E-state index is -3.41. The maximum Gasteiger partial charge on any atom is 0.242 e. The van der Waals surface area contributed by atoms with Gasteiger partial charge in [-0.05, 0) is 37.1 Å². The molecule has 0 bridgehead atoms. The van der Waals surface area contributed by atoms with Gasteiger partial charge in [0.1, 0.15) is 0 Å². The third-order valence-corrected chi connectivity index (χ3v) is 5.37. The van der Waals surface area contributed by atoms with Crippen LogP contribution in [0.1, 0.15) is 12.8 Å². The van der Waals surface area contributed by atoms with Crippen LogP contribution in [0.5, 0.6) is 0 Å². The number of ether oxygens (including phenoxy) is 1. The minimum Gasteiger partial charge on any atom is -0.377 e. The Kier molecular flexibility index (Phi) is 4.42. The fourth-order valence-corrected chi connectivity index (χ4v) is 3.43. The summed E-state index contributed by atoms with van der Waals surface area (Å²) < 4.78 is 32.3. The van der Waals surface area contributed by atoms with E-state index in [1.54, 1.807) is 31.3 Å². The van der Waals surface area contributed by atoms with Crippen molar-refractivity contribution < 1.29 is 13.2 Å². The largest absolute Gasteiger partial charge is 0.377 e. The monoisotopic (exact) mass is 333 g/mol. The van der Waals surface area contributed by atoms with Crippen molar-refractivity contribution >= 4 is 26.0 Å². The first-order valence-electron chi connectivity index (χ1n) is 5.83. The first-order chi connectivity index (χ1) is 8.50. The number of likely N-dealkylation sites (N-methyl/N-ethyl adjacent to an activating group) is 1. The van der Waals surface area contributed by atoms with Gasteiger partial charge in [-0.15, -0.1) is 0 Å². The fourth-order valence-electron chi connectivity index (χ4n) is 1.96. The summed E-state index contributed by atoms with van der Waals surface area (Å²) in [5, 5.41) is 0. The van der Waals surface area contributed by atoms with Gasteiger partial charge in [-0.25, -0.2) is 8.42 Å². The van der Waals surface area contributed by atoms with Crippen molar-refractivity contribution in [3.8, 4) is 0 Å². The molecule has 2 rings (SSSR count). The van der Waals surface area contributed by atoms with Crippen LogP contribution in [0.25, 0.3) is 0 Å². The van der Waals surface area contributed by atoms with Gasteiger partial charge < -0.3 is 4.74 Å². The van der Waals surface area contributed by atoms with Crippen molar-refractivity contribution in [2.45, 2.75) is 23.8 Å². The average Bonchev–Trinajstić information content (AvgIpc) is 2.82. The summed E-state index contributed by atoms with van der Waals surface area (Å²) in [6, 6.07) is 6.66. The Balaban J connectivity index is 2.11. The number of halogens is 1. The predicted octanol–water partition coefficient (Wildman–Crippen LogP) is 2.25. The molecule has 100 valence electrons. The molecule has 1 unspecified atom stereocenters. The van der Waals surface area contributed by atoms with Crippen LogP contribution < -0.4 is 0 Å². The van der Waals surface area contributed by atoms with E-state index < -0.39 is 10.0 Å². The smallest absolute Gasteiger partial charge is 0.242 e. The summed E-state index contributed by atoms with van der Waals surface area (Å²) in [5.74, 6) is 0. The van der Waals surface area contributed by atoms with Crippen LogP contribution in [0.4, 0.5) is 0 Å². The second-order valence-corrected chi connectivity index (χ2v) is 7.34. The van der Waals surface area contributed by atoms with Crippen LogP contribution in [0.15, 0.2) is 33.6 Å². The van der Waals surface area contributed by atoms with Crippen LogP contribution >= 0.6 is 15.9 Å². The maximum absolute atomic E-state index is 12.3. The maximum atomic E-state index is 12.3. The lowest BCUT2D eigenvalue weighted by Crippen LogP contribution is -2.34. The topological polar surface area (TPSA) is 46.6 Å². The molecular formula is C12H16BrNO3S. The van der Waals surface area contributed by atoms with Crippen LogP contribution in [0, 0.1) is 0 Å². The summed E-state index contributed by atoms with van der Waals surface area (Å²) in [6.45, 7) is 1.15. The molecule has 6 heteroatoms. The van der Waals surface area contributed by atoms with Crippen LogP contribution in [-0.4, -0.2) is 39.0 Å². The van der Waals surface area contributed by atoms with Gasteiger partial charge >= 0.3 is 0 Å². The Labute approximate surface area is 116 Å². The van der Waals surface area contributed by atoms with E-state index in [4.69, 9.17) is 4.74 Å². The highest BCUT2D eigenvalue weighted by Crippen LogP contribution is 2.20. The molecule has 0 spiro atoms. The lowest BCUT2D eigenvalue weighted by atomic mass is 10.2. The summed E-state index contributed by atoms with van der Waals surface area (Å²) >= 11 is 3.29. The van der Waals surface area contributed by atoms with Gasteiger partial charge in [0.2, 0.25) is 10.0 Å². The first-order valence-corrected chi connectivity index (χ1v) is 8.07. The van der Waals surface area contributed by atoms with Crippen molar-refractivity contribution in [2.24, 2.45) is 0 Å². The average molecular weight is 334 g/mol. The highest BCUT2D eigenvalue weighted by atomic mass is 79.9. The molecule has 0 radical (unpaired) electrons. The number of nitrogens with zero attached hydrogens (tertiary/aromatic N) is 1. The predicted molar refractivity (Wildman–Crippen MR) is 72.9 cm³/mol. The van der Waals surface area contributed by atoms with Crippen molar-refractivity contribution in [1.29, 1.82) is 0 Å². The molecule has 0 saturated carbocycles. The molecule has 0 aromatic heterocycles. The second-order valence-electron chi connectivity index (χ2n) is 4.37. The molecular weight excluding hydrogens is 318 g/mol. The molecule has 18 heavy (non-hydrogen) atoms. The van der Waals surface area contributed by atoms with Crippen molar-refractivity contribution in [2.75, 3.05) is 20.2 Å². The third kappa shape index (κ3) is 3.12. The lowest BCUT2D eigenvalue weighted by molar-refractivity contribution is 0.0979. The zero-order chi connectivity index (χ0) is 13.2.